The standard InChI is InChI=1S/C18H26N4O3/c1-25-16-5-3-2-4-15(16)22-11-8-14(12-22)20-18(24)21-9-6-13(7-10-21)17(19)23/h2-5,13-14H,6-12H2,1H3,(H2,19,23)(H,20,24). The minimum Gasteiger partial charge on any atom is -0.495 e. The van der Waals surface area contributed by atoms with E-state index in [0.29, 0.717) is 25.9 Å². The van der Waals surface area contributed by atoms with Crippen molar-refractivity contribution in [3.05, 3.63) is 24.3 Å². The van der Waals surface area contributed by atoms with Crippen molar-refractivity contribution in [3.8, 4) is 5.75 Å². The Labute approximate surface area is 148 Å². The average molecular weight is 346 g/mol. The number of nitrogens with one attached hydrogen (secondary N) is 1. The van der Waals surface area contributed by atoms with E-state index in [1.165, 1.54) is 0 Å². The first-order chi connectivity index (χ1) is 12.1. The van der Waals surface area contributed by atoms with Crippen molar-refractivity contribution in [1.82, 2.24) is 10.2 Å². The van der Waals surface area contributed by atoms with Crippen LogP contribution < -0.4 is 20.7 Å². The van der Waals surface area contributed by atoms with E-state index in [0.717, 1.165) is 30.9 Å². The molecule has 0 aliphatic carbocycles. The van der Waals surface area contributed by atoms with Gasteiger partial charge in [-0.15, -0.1) is 0 Å². The van der Waals surface area contributed by atoms with Gasteiger partial charge in [0.15, 0.2) is 0 Å². The lowest BCUT2D eigenvalue weighted by molar-refractivity contribution is -0.123. The van der Waals surface area contributed by atoms with Gasteiger partial charge < -0.3 is 25.6 Å². The van der Waals surface area contributed by atoms with Crippen LogP contribution in [0.5, 0.6) is 5.75 Å². The van der Waals surface area contributed by atoms with Crippen LogP contribution in [0.3, 0.4) is 0 Å². The number of methoxy groups -OCH3 is 1. The van der Waals surface area contributed by atoms with Gasteiger partial charge in [0.25, 0.3) is 0 Å². The summed E-state index contributed by atoms with van der Waals surface area (Å²) in [5.74, 6) is 0.489. The molecule has 2 aliphatic heterocycles. The van der Waals surface area contributed by atoms with Crippen LogP contribution >= 0.6 is 0 Å². The van der Waals surface area contributed by atoms with Gasteiger partial charge in [-0.1, -0.05) is 12.1 Å². The second kappa shape index (κ2) is 7.63. The molecule has 3 N–H and O–H groups in total. The Hall–Kier alpha value is -2.44. The summed E-state index contributed by atoms with van der Waals surface area (Å²) in [6, 6.07) is 8.00. The number of anilines is 1. The number of amides is 3. The lowest BCUT2D eigenvalue weighted by atomic mass is 9.96. The predicted octanol–water partition coefficient (Wildman–Crippen LogP) is 1.18. The second-order valence-corrected chi connectivity index (χ2v) is 6.72. The molecule has 0 aromatic heterocycles. The molecule has 1 aromatic rings. The Morgan fingerprint density at radius 1 is 1.16 bits per heavy atom. The van der Waals surface area contributed by atoms with Crippen molar-refractivity contribution in [3.63, 3.8) is 0 Å². The molecule has 7 heteroatoms. The van der Waals surface area contributed by atoms with Crippen LogP contribution in [0, 0.1) is 5.92 Å². The summed E-state index contributed by atoms with van der Waals surface area (Å²) in [6.45, 7) is 2.82. The molecule has 1 atom stereocenters. The molecule has 2 saturated heterocycles. The fraction of sp³-hybridized carbons (Fsp3) is 0.556. The molecule has 3 rings (SSSR count). The smallest absolute Gasteiger partial charge is 0.317 e. The van der Waals surface area contributed by atoms with Crippen molar-refractivity contribution < 1.29 is 14.3 Å². The van der Waals surface area contributed by atoms with Gasteiger partial charge in [0.1, 0.15) is 5.75 Å². The normalized spacial score (nSPS) is 21.2. The van der Waals surface area contributed by atoms with Gasteiger partial charge in [-0.3, -0.25) is 4.79 Å². The molecule has 2 heterocycles. The van der Waals surface area contributed by atoms with E-state index in [4.69, 9.17) is 10.5 Å². The number of rotatable bonds is 4. The number of para-hydroxylation sites is 2. The van der Waals surface area contributed by atoms with Gasteiger partial charge in [0.05, 0.1) is 12.8 Å². The molecular weight excluding hydrogens is 320 g/mol. The number of carbonyl (C=O) groups excluding carboxylic acids is 2. The highest BCUT2D eigenvalue weighted by molar-refractivity contribution is 5.78. The summed E-state index contributed by atoms with van der Waals surface area (Å²) in [5, 5.41) is 3.12. The lowest BCUT2D eigenvalue weighted by Gasteiger charge is -2.31. The van der Waals surface area contributed by atoms with E-state index >= 15 is 0 Å². The third-order valence-electron chi connectivity index (χ3n) is 5.13. The number of hydrogen-bond acceptors (Lipinski definition) is 4. The van der Waals surface area contributed by atoms with Gasteiger partial charge in [-0.25, -0.2) is 4.79 Å². The zero-order chi connectivity index (χ0) is 17.8. The Morgan fingerprint density at radius 2 is 1.88 bits per heavy atom. The predicted molar refractivity (Wildman–Crippen MR) is 95.6 cm³/mol. The molecule has 136 valence electrons. The summed E-state index contributed by atoms with van der Waals surface area (Å²) in [4.78, 5) is 27.7. The van der Waals surface area contributed by atoms with Crippen LogP contribution in [0.1, 0.15) is 19.3 Å². The Bertz CT molecular complexity index is 629. The number of likely N-dealkylation sites (tertiary alicyclic amines) is 1. The zero-order valence-corrected chi connectivity index (χ0v) is 14.6. The highest BCUT2D eigenvalue weighted by Crippen LogP contribution is 2.30. The third kappa shape index (κ3) is 3.97. The zero-order valence-electron chi connectivity index (χ0n) is 14.6. The average Bonchev–Trinajstić information content (AvgIpc) is 3.10. The summed E-state index contributed by atoms with van der Waals surface area (Å²) in [6.07, 6.45) is 2.21. The summed E-state index contributed by atoms with van der Waals surface area (Å²) in [5.41, 5.74) is 6.40. The van der Waals surface area contributed by atoms with E-state index in [-0.39, 0.29) is 23.9 Å². The third-order valence-corrected chi connectivity index (χ3v) is 5.13. The summed E-state index contributed by atoms with van der Waals surface area (Å²) in [7, 11) is 1.67. The number of piperidine rings is 1. The van der Waals surface area contributed by atoms with Crippen LogP contribution in [-0.2, 0) is 4.79 Å². The molecule has 0 spiro atoms. The highest BCUT2D eigenvalue weighted by atomic mass is 16.5. The molecular formula is C18H26N4O3. The van der Waals surface area contributed by atoms with E-state index in [2.05, 4.69) is 10.2 Å². The number of primary amides is 1. The summed E-state index contributed by atoms with van der Waals surface area (Å²) >= 11 is 0. The Balaban J connectivity index is 1.51. The molecule has 2 aliphatic rings. The molecule has 0 bridgehead atoms. The van der Waals surface area contributed by atoms with Crippen molar-refractivity contribution in [2.75, 3.05) is 38.2 Å². The fourth-order valence-electron chi connectivity index (χ4n) is 3.62. The molecule has 0 saturated carbocycles. The Morgan fingerprint density at radius 3 is 2.56 bits per heavy atom. The largest absolute Gasteiger partial charge is 0.495 e. The molecule has 7 nitrogen and oxygen atoms in total. The number of carbonyl (C=O) groups is 2. The van der Waals surface area contributed by atoms with Crippen LogP contribution in [0.15, 0.2) is 24.3 Å². The highest BCUT2D eigenvalue weighted by Gasteiger charge is 2.30. The number of urea groups is 1. The number of nitrogens with zero attached hydrogens (tertiary/aromatic N) is 2. The topological polar surface area (TPSA) is 87.9 Å². The van der Waals surface area contributed by atoms with Crippen molar-refractivity contribution >= 4 is 17.6 Å². The van der Waals surface area contributed by atoms with Crippen LogP contribution in [-0.4, -0.2) is 56.2 Å². The number of benzene rings is 1. The molecule has 1 unspecified atom stereocenters. The van der Waals surface area contributed by atoms with Crippen molar-refractivity contribution in [1.29, 1.82) is 0 Å². The van der Waals surface area contributed by atoms with Gasteiger partial charge in [0.2, 0.25) is 5.91 Å². The Kier molecular flexibility index (Phi) is 5.31. The maximum atomic E-state index is 12.5. The number of nitrogens with two attached hydrogens (primary N) is 1. The van der Waals surface area contributed by atoms with E-state index in [1.54, 1.807) is 12.0 Å². The molecule has 25 heavy (non-hydrogen) atoms. The maximum absolute atomic E-state index is 12.5. The number of hydrogen-bond donors (Lipinski definition) is 2. The van der Waals surface area contributed by atoms with Crippen molar-refractivity contribution in [2.45, 2.75) is 25.3 Å². The van der Waals surface area contributed by atoms with Crippen molar-refractivity contribution in [2.24, 2.45) is 11.7 Å². The number of ether oxygens (including phenoxy) is 1. The lowest BCUT2D eigenvalue weighted by Crippen LogP contribution is -2.49. The maximum Gasteiger partial charge on any atom is 0.317 e. The SMILES string of the molecule is COc1ccccc1N1CCC(NC(=O)N2CCC(C(N)=O)CC2)C1. The molecule has 2 fully saturated rings. The quantitative estimate of drug-likeness (QED) is 0.857. The first-order valence-corrected chi connectivity index (χ1v) is 8.81. The van der Waals surface area contributed by atoms with E-state index < -0.39 is 0 Å². The monoisotopic (exact) mass is 346 g/mol. The van der Waals surface area contributed by atoms with Gasteiger partial charge in [-0.05, 0) is 31.4 Å². The second-order valence-electron chi connectivity index (χ2n) is 6.72. The van der Waals surface area contributed by atoms with Crippen LogP contribution in [0.25, 0.3) is 0 Å². The molecule has 0 radical (unpaired) electrons. The van der Waals surface area contributed by atoms with E-state index in [9.17, 15) is 9.59 Å². The minimum absolute atomic E-state index is 0.0465. The molecule has 3 amide bonds. The first-order valence-electron chi connectivity index (χ1n) is 8.81. The van der Waals surface area contributed by atoms with Crippen LogP contribution in [0.2, 0.25) is 0 Å². The van der Waals surface area contributed by atoms with Gasteiger partial charge in [-0.2, -0.15) is 0 Å². The van der Waals surface area contributed by atoms with Gasteiger partial charge >= 0.3 is 6.03 Å². The minimum atomic E-state index is -0.261. The summed E-state index contributed by atoms with van der Waals surface area (Å²) < 4.78 is 5.42. The first kappa shape index (κ1) is 17.4. The fourth-order valence-corrected chi connectivity index (χ4v) is 3.62. The van der Waals surface area contributed by atoms with Gasteiger partial charge in [0, 0.05) is 38.1 Å². The molecule has 1 aromatic carbocycles. The van der Waals surface area contributed by atoms with Crippen LogP contribution in [0.4, 0.5) is 10.5 Å². The van der Waals surface area contributed by atoms with E-state index in [1.807, 2.05) is 24.3 Å².